The molecule has 164 valence electrons. The Bertz CT molecular complexity index is 1360. The predicted molar refractivity (Wildman–Crippen MR) is 125 cm³/mol. The molecule has 4 rings (SSSR count). The fourth-order valence-electron chi connectivity index (χ4n) is 3.02. The number of rotatable bonds is 7. The van der Waals surface area contributed by atoms with E-state index in [0.29, 0.717) is 27.1 Å². The number of carbonyl (C=O) groups excluding carboxylic acids is 1. The molecule has 2 aromatic carbocycles. The third-order valence-corrected chi connectivity index (χ3v) is 7.54. The monoisotopic (exact) mass is 487 g/mol. The van der Waals surface area contributed by atoms with Gasteiger partial charge in [-0.25, -0.2) is 13.4 Å². The average molecular weight is 488 g/mol. The second kappa shape index (κ2) is 9.23. The zero-order valence-electron chi connectivity index (χ0n) is 16.9. The predicted octanol–water partition coefficient (Wildman–Crippen LogP) is 4.36. The third-order valence-electron chi connectivity index (χ3n) is 4.65. The standard InChI is InChI=1S/C22H18ClN3O4S2/c1-30-17-6-8-18(9-7-17)32(28,29)14-21(27)26(13-16-4-2-3-11-24-16)22-25-19-10-5-15(23)12-20(19)31-22/h2-12H,13-14H2,1H3. The Morgan fingerprint density at radius 2 is 1.91 bits per heavy atom. The van der Waals surface area contributed by atoms with Crippen molar-refractivity contribution in [1.82, 2.24) is 9.97 Å². The van der Waals surface area contributed by atoms with E-state index in [4.69, 9.17) is 16.3 Å². The fourth-order valence-corrected chi connectivity index (χ4v) is 5.48. The number of hydrogen-bond donors (Lipinski definition) is 0. The van der Waals surface area contributed by atoms with Crippen LogP contribution in [0.4, 0.5) is 5.13 Å². The van der Waals surface area contributed by atoms with Gasteiger partial charge in [-0.3, -0.25) is 14.7 Å². The van der Waals surface area contributed by atoms with Crippen LogP contribution >= 0.6 is 22.9 Å². The van der Waals surface area contributed by atoms with Crippen LogP contribution in [0.5, 0.6) is 5.75 Å². The van der Waals surface area contributed by atoms with Crippen LogP contribution < -0.4 is 9.64 Å². The van der Waals surface area contributed by atoms with Gasteiger partial charge in [-0.05, 0) is 54.6 Å². The molecule has 4 aromatic rings. The lowest BCUT2D eigenvalue weighted by molar-refractivity contribution is -0.116. The highest BCUT2D eigenvalue weighted by molar-refractivity contribution is 7.92. The molecular formula is C22H18ClN3O4S2. The molecular weight excluding hydrogens is 470 g/mol. The van der Waals surface area contributed by atoms with Gasteiger partial charge in [0.1, 0.15) is 11.5 Å². The van der Waals surface area contributed by atoms with Gasteiger partial charge >= 0.3 is 0 Å². The van der Waals surface area contributed by atoms with Crippen molar-refractivity contribution in [1.29, 1.82) is 0 Å². The van der Waals surface area contributed by atoms with Crippen molar-refractivity contribution in [3.05, 3.63) is 77.6 Å². The van der Waals surface area contributed by atoms with Crippen molar-refractivity contribution in [2.24, 2.45) is 0 Å². The van der Waals surface area contributed by atoms with Crippen LogP contribution in [-0.2, 0) is 21.2 Å². The lowest BCUT2D eigenvalue weighted by atomic mass is 10.3. The topological polar surface area (TPSA) is 89.5 Å². The van der Waals surface area contributed by atoms with E-state index in [-0.39, 0.29) is 11.4 Å². The second-order valence-corrected chi connectivity index (χ2v) is 10.3. The van der Waals surface area contributed by atoms with Crippen LogP contribution in [0.1, 0.15) is 5.69 Å². The SMILES string of the molecule is COc1ccc(S(=O)(=O)CC(=O)N(Cc2ccccn2)c2nc3ccc(Cl)cc3s2)cc1. The van der Waals surface area contributed by atoms with Gasteiger partial charge in [-0.15, -0.1) is 0 Å². The number of halogens is 1. The minimum Gasteiger partial charge on any atom is -0.497 e. The van der Waals surface area contributed by atoms with Gasteiger partial charge in [0.25, 0.3) is 0 Å². The molecule has 0 N–H and O–H groups in total. The lowest BCUT2D eigenvalue weighted by Gasteiger charge is -2.19. The van der Waals surface area contributed by atoms with E-state index in [2.05, 4.69) is 9.97 Å². The van der Waals surface area contributed by atoms with Crippen molar-refractivity contribution in [2.45, 2.75) is 11.4 Å². The zero-order chi connectivity index (χ0) is 22.7. The Morgan fingerprint density at radius 3 is 2.59 bits per heavy atom. The number of pyridine rings is 1. The minimum atomic E-state index is -3.88. The largest absolute Gasteiger partial charge is 0.497 e. The Kier molecular flexibility index (Phi) is 6.40. The average Bonchev–Trinajstić information content (AvgIpc) is 3.20. The molecule has 32 heavy (non-hydrogen) atoms. The molecule has 0 fully saturated rings. The highest BCUT2D eigenvalue weighted by Crippen LogP contribution is 2.32. The Balaban J connectivity index is 1.67. The molecule has 1 amide bonds. The summed E-state index contributed by atoms with van der Waals surface area (Å²) in [7, 11) is -2.38. The Morgan fingerprint density at radius 1 is 1.12 bits per heavy atom. The van der Waals surface area contributed by atoms with Crippen LogP contribution in [-0.4, -0.2) is 37.2 Å². The first-order valence-electron chi connectivity index (χ1n) is 9.49. The molecule has 2 heterocycles. The molecule has 0 aliphatic rings. The number of fused-ring (bicyclic) bond motifs is 1. The molecule has 0 atom stereocenters. The van der Waals surface area contributed by atoms with Gasteiger partial charge in [0.15, 0.2) is 15.0 Å². The van der Waals surface area contributed by atoms with E-state index >= 15 is 0 Å². The number of ether oxygens (including phenoxy) is 1. The smallest absolute Gasteiger partial charge is 0.244 e. The zero-order valence-corrected chi connectivity index (χ0v) is 19.3. The molecule has 2 aromatic heterocycles. The van der Waals surface area contributed by atoms with Crippen molar-refractivity contribution in [3.8, 4) is 5.75 Å². The molecule has 7 nitrogen and oxygen atoms in total. The van der Waals surface area contributed by atoms with E-state index < -0.39 is 21.5 Å². The molecule has 10 heteroatoms. The van der Waals surface area contributed by atoms with Crippen LogP contribution in [0.2, 0.25) is 5.02 Å². The van der Waals surface area contributed by atoms with Crippen LogP contribution in [0.25, 0.3) is 10.2 Å². The van der Waals surface area contributed by atoms with Crippen molar-refractivity contribution in [2.75, 3.05) is 17.8 Å². The highest BCUT2D eigenvalue weighted by atomic mass is 35.5. The molecule has 0 aliphatic carbocycles. The maximum absolute atomic E-state index is 13.2. The molecule has 0 spiro atoms. The summed E-state index contributed by atoms with van der Waals surface area (Å²) in [5.41, 5.74) is 1.28. The fraction of sp³-hybridized carbons (Fsp3) is 0.136. The number of benzene rings is 2. The van der Waals surface area contributed by atoms with E-state index in [1.165, 1.54) is 35.5 Å². The summed E-state index contributed by atoms with van der Waals surface area (Å²) in [5.74, 6) is -0.778. The first-order valence-corrected chi connectivity index (χ1v) is 12.3. The number of carbonyl (C=O) groups is 1. The van der Waals surface area contributed by atoms with E-state index in [9.17, 15) is 13.2 Å². The number of sulfone groups is 1. The molecule has 0 unspecified atom stereocenters. The van der Waals surface area contributed by atoms with Crippen molar-refractivity contribution in [3.63, 3.8) is 0 Å². The summed E-state index contributed by atoms with van der Waals surface area (Å²) in [6, 6.07) is 16.5. The number of amides is 1. The quantitative estimate of drug-likeness (QED) is 0.384. The molecule has 0 aliphatic heterocycles. The third kappa shape index (κ3) is 4.90. The summed E-state index contributed by atoms with van der Waals surface area (Å²) < 4.78 is 31.7. The summed E-state index contributed by atoms with van der Waals surface area (Å²) in [4.78, 5) is 23.4. The number of thiazole rings is 1. The van der Waals surface area contributed by atoms with E-state index in [1.807, 2.05) is 0 Å². The first-order chi connectivity index (χ1) is 15.4. The van der Waals surface area contributed by atoms with Gasteiger partial charge < -0.3 is 4.74 Å². The number of aromatic nitrogens is 2. The molecule has 0 saturated carbocycles. The van der Waals surface area contributed by atoms with Gasteiger partial charge in [0.2, 0.25) is 5.91 Å². The summed E-state index contributed by atoms with van der Waals surface area (Å²) in [5, 5.41) is 0.931. The van der Waals surface area contributed by atoms with Gasteiger partial charge in [-0.1, -0.05) is 29.0 Å². The summed E-state index contributed by atoms with van der Waals surface area (Å²) in [6.07, 6.45) is 1.62. The Labute approximate surface area is 194 Å². The maximum atomic E-state index is 13.2. The number of anilines is 1. The first kappa shape index (κ1) is 22.2. The van der Waals surface area contributed by atoms with Gasteiger partial charge in [0, 0.05) is 11.2 Å². The second-order valence-electron chi connectivity index (χ2n) is 6.84. The molecule has 0 radical (unpaired) electrons. The van der Waals surface area contributed by atoms with Crippen LogP contribution in [0.3, 0.4) is 0 Å². The summed E-state index contributed by atoms with van der Waals surface area (Å²) >= 11 is 7.34. The van der Waals surface area contributed by atoms with E-state index in [1.54, 1.807) is 54.7 Å². The number of nitrogens with zero attached hydrogens (tertiary/aromatic N) is 3. The number of hydrogen-bond acceptors (Lipinski definition) is 7. The Hall–Kier alpha value is -3.01. The highest BCUT2D eigenvalue weighted by Gasteiger charge is 2.27. The van der Waals surface area contributed by atoms with Crippen LogP contribution in [0, 0.1) is 0 Å². The van der Waals surface area contributed by atoms with Gasteiger partial charge in [0.05, 0.1) is 34.5 Å². The number of methoxy groups -OCH3 is 1. The van der Waals surface area contributed by atoms with Crippen molar-refractivity contribution < 1.29 is 17.9 Å². The maximum Gasteiger partial charge on any atom is 0.244 e. The molecule has 0 bridgehead atoms. The summed E-state index contributed by atoms with van der Waals surface area (Å²) in [6.45, 7) is 0.0887. The van der Waals surface area contributed by atoms with Gasteiger partial charge in [-0.2, -0.15) is 0 Å². The van der Waals surface area contributed by atoms with Crippen LogP contribution in [0.15, 0.2) is 71.8 Å². The minimum absolute atomic E-state index is 0.0421. The van der Waals surface area contributed by atoms with Crippen molar-refractivity contribution >= 4 is 54.0 Å². The lowest BCUT2D eigenvalue weighted by Crippen LogP contribution is -2.35. The molecule has 0 saturated heterocycles. The normalized spacial score (nSPS) is 11.4. The van der Waals surface area contributed by atoms with E-state index in [0.717, 1.165) is 4.70 Å².